The molecule has 1 aromatic rings. The van der Waals surface area contributed by atoms with Gasteiger partial charge in [0.15, 0.2) is 0 Å². The SMILES string of the molecule is CN(C)CCCC1(c2ccccc2)C=CC(Cl)=CC1. The molecule has 1 atom stereocenters. The normalized spacial score (nSPS) is 22.6. The minimum atomic E-state index is 0.121. The van der Waals surface area contributed by atoms with E-state index in [1.807, 2.05) is 6.08 Å². The van der Waals surface area contributed by atoms with Gasteiger partial charge in [-0.05, 0) is 51.5 Å². The highest BCUT2D eigenvalue weighted by Crippen LogP contribution is 2.38. The van der Waals surface area contributed by atoms with Gasteiger partial charge in [-0.1, -0.05) is 54.1 Å². The maximum Gasteiger partial charge on any atom is 0.0363 e. The number of hydrogen-bond donors (Lipinski definition) is 0. The molecule has 0 N–H and O–H groups in total. The van der Waals surface area contributed by atoms with Gasteiger partial charge in [0.25, 0.3) is 0 Å². The fourth-order valence-corrected chi connectivity index (χ4v) is 2.82. The van der Waals surface area contributed by atoms with Crippen molar-refractivity contribution in [1.29, 1.82) is 0 Å². The van der Waals surface area contributed by atoms with Crippen molar-refractivity contribution in [3.8, 4) is 0 Å². The second kappa shape index (κ2) is 6.40. The molecular formula is C17H22ClN. The van der Waals surface area contributed by atoms with E-state index in [9.17, 15) is 0 Å². The largest absolute Gasteiger partial charge is 0.309 e. The van der Waals surface area contributed by atoms with Gasteiger partial charge in [-0.25, -0.2) is 0 Å². The molecule has 2 heteroatoms. The average Bonchev–Trinajstić information content (AvgIpc) is 2.42. The van der Waals surface area contributed by atoms with E-state index in [0.29, 0.717) is 0 Å². The highest BCUT2D eigenvalue weighted by molar-refractivity contribution is 6.31. The first kappa shape index (κ1) is 14.4. The lowest BCUT2D eigenvalue weighted by Crippen LogP contribution is -2.26. The highest BCUT2D eigenvalue weighted by atomic mass is 35.5. The number of rotatable bonds is 5. The van der Waals surface area contributed by atoms with E-state index >= 15 is 0 Å². The molecule has 1 aliphatic carbocycles. The Bertz CT molecular complexity index is 461. The molecule has 19 heavy (non-hydrogen) atoms. The number of allylic oxidation sites excluding steroid dienone is 4. The van der Waals surface area contributed by atoms with Crippen molar-refractivity contribution in [3.63, 3.8) is 0 Å². The second-order valence-corrected chi connectivity index (χ2v) is 5.99. The van der Waals surface area contributed by atoms with Crippen molar-refractivity contribution in [2.24, 2.45) is 0 Å². The van der Waals surface area contributed by atoms with Crippen LogP contribution in [-0.4, -0.2) is 25.5 Å². The van der Waals surface area contributed by atoms with E-state index in [1.54, 1.807) is 0 Å². The van der Waals surface area contributed by atoms with E-state index in [1.165, 1.54) is 12.0 Å². The van der Waals surface area contributed by atoms with Crippen molar-refractivity contribution >= 4 is 11.6 Å². The van der Waals surface area contributed by atoms with Gasteiger partial charge < -0.3 is 4.90 Å². The maximum atomic E-state index is 6.08. The summed E-state index contributed by atoms with van der Waals surface area (Å²) in [5, 5.41) is 0.860. The summed E-state index contributed by atoms with van der Waals surface area (Å²) < 4.78 is 0. The lowest BCUT2D eigenvalue weighted by Gasteiger charge is -2.33. The molecule has 0 aliphatic heterocycles. The third-order valence-corrected chi connectivity index (χ3v) is 4.08. The zero-order chi connectivity index (χ0) is 13.7. The van der Waals surface area contributed by atoms with Crippen molar-refractivity contribution < 1.29 is 0 Å². The first-order valence-electron chi connectivity index (χ1n) is 6.88. The van der Waals surface area contributed by atoms with E-state index < -0.39 is 0 Å². The first-order valence-corrected chi connectivity index (χ1v) is 7.25. The summed E-state index contributed by atoms with van der Waals surface area (Å²) in [6, 6.07) is 10.8. The average molecular weight is 276 g/mol. The molecule has 0 radical (unpaired) electrons. The number of benzene rings is 1. The zero-order valence-electron chi connectivity index (χ0n) is 11.8. The van der Waals surface area contributed by atoms with Gasteiger partial charge in [0.05, 0.1) is 0 Å². The monoisotopic (exact) mass is 275 g/mol. The Hall–Kier alpha value is -1.05. The topological polar surface area (TPSA) is 3.24 Å². The highest BCUT2D eigenvalue weighted by Gasteiger charge is 2.29. The lowest BCUT2D eigenvalue weighted by molar-refractivity contribution is 0.364. The Morgan fingerprint density at radius 1 is 1.21 bits per heavy atom. The van der Waals surface area contributed by atoms with Crippen LogP contribution in [0.2, 0.25) is 0 Å². The molecule has 0 saturated carbocycles. The van der Waals surface area contributed by atoms with Crippen LogP contribution in [0.5, 0.6) is 0 Å². The van der Waals surface area contributed by atoms with Gasteiger partial charge in [-0.2, -0.15) is 0 Å². The summed E-state index contributed by atoms with van der Waals surface area (Å²) in [7, 11) is 4.26. The van der Waals surface area contributed by atoms with Crippen molar-refractivity contribution in [3.05, 3.63) is 59.2 Å². The summed E-state index contributed by atoms with van der Waals surface area (Å²) >= 11 is 6.08. The molecular weight excluding hydrogens is 254 g/mol. The molecule has 1 aliphatic rings. The number of halogens is 1. The Labute approximate surface area is 121 Å². The third-order valence-electron chi connectivity index (χ3n) is 3.80. The second-order valence-electron chi connectivity index (χ2n) is 5.56. The summed E-state index contributed by atoms with van der Waals surface area (Å²) in [6.07, 6.45) is 9.84. The van der Waals surface area contributed by atoms with Crippen LogP contribution in [0.15, 0.2) is 53.6 Å². The van der Waals surface area contributed by atoms with E-state index in [0.717, 1.165) is 24.4 Å². The Morgan fingerprint density at radius 2 is 1.95 bits per heavy atom. The van der Waals surface area contributed by atoms with Crippen LogP contribution in [0.4, 0.5) is 0 Å². The number of hydrogen-bond acceptors (Lipinski definition) is 1. The van der Waals surface area contributed by atoms with E-state index in [2.05, 4.69) is 61.5 Å². The Balaban J connectivity index is 2.18. The minimum Gasteiger partial charge on any atom is -0.309 e. The standard InChI is InChI=1S/C17H22ClN/c1-19(2)14-6-11-17(12-9-16(18)10-13-17)15-7-4-3-5-8-15/h3-5,7-10,12H,6,11,13-14H2,1-2H3. The Kier molecular flexibility index (Phi) is 4.84. The molecule has 0 aromatic heterocycles. The molecule has 1 aromatic carbocycles. The molecule has 1 unspecified atom stereocenters. The predicted molar refractivity (Wildman–Crippen MR) is 83.6 cm³/mol. The lowest BCUT2D eigenvalue weighted by atomic mass is 9.72. The van der Waals surface area contributed by atoms with Crippen LogP contribution in [0.3, 0.4) is 0 Å². The van der Waals surface area contributed by atoms with Gasteiger partial charge in [-0.3, -0.25) is 0 Å². The first-order chi connectivity index (χ1) is 9.12. The molecule has 102 valence electrons. The molecule has 2 rings (SSSR count). The molecule has 0 spiro atoms. The predicted octanol–water partition coefficient (Wildman–Crippen LogP) is 4.35. The summed E-state index contributed by atoms with van der Waals surface area (Å²) in [6.45, 7) is 1.12. The summed E-state index contributed by atoms with van der Waals surface area (Å²) in [4.78, 5) is 2.24. The molecule has 0 fully saturated rings. The molecule has 0 saturated heterocycles. The Morgan fingerprint density at radius 3 is 2.53 bits per heavy atom. The van der Waals surface area contributed by atoms with Gasteiger partial charge >= 0.3 is 0 Å². The van der Waals surface area contributed by atoms with Crippen molar-refractivity contribution in [1.82, 2.24) is 4.90 Å². The molecule has 0 bridgehead atoms. The van der Waals surface area contributed by atoms with Crippen LogP contribution >= 0.6 is 11.6 Å². The fourth-order valence-electron chi connectivity index (χ4n) is 2.68. The molecule has 0 amide bonds. The summed E-state index contributed by atoms with van der Waals surface area (Å²) in [5.41, 5.74) is 1.51. The summed E-state index contributed by atoms with van der Waals surface area (Å²) in [5.74, 6) is 0. The van der Waals surface area contributed by atoms with Crippen LogP contribution in [0.1, 0.15) is 24.8 Å². The quantitative estimate of drug-likeness (QED) is 0.772. The van der Waals surface area contributed by atoms with Crippen LogP contribution < -0.4 is 0 Å². The van der Waals surface area contributed by atoms with Crippen molar-refractivity contribution in [2.75, 3.05) is 20.6 Å². The van der Waals surface area contributed by atoms with Gasteiger partial charge in [0, 0.05) is 10.4 Å². The maximum absolute atomic E-state index is 6.08. The van der Waals surface area contributed by atoms with Crippen molar-refractivity contribution in [2.45, 2.75) is 24.7 Å². The minimum absolute atomic E-state index is 0.121. The smallest absolute Gasteiger partial charge is 0.0363 e. The molecule has 0 heterocycles. The van der Waals surface area contributed by atoms with E-state index in [4.69, 9.17) is 11.6 Å². The van der Waals surface area contributed by atoms with Crippen LogP contribution in [-0.2, 0) is 5.41 Å². The van der Waals surface area contributed by atoms with E-state index in [-0.39, 0.29) is 5.41 Å². The number of nitrogens with zero attached hydrogens (tertiary/aromatic N) is 1. The van der Waals surface area contributed by atoms with Crippen LogP contribution in [0, 0.1) is 0 Å². The van der Waals surface area contributed by atoms with Crippen LogP contribution in [0.25, 0.3) is 0 Å². The van der Waals surface area contributed by atoms with Gasteiger partial charge in [0.2, 0.25) is 0 Å². The molecule has 1 nitrogen and oxygen atoms in total. The third kappa shape index (κ3) is 3.71. The van der Waals surface area contributed by atoms with Gasteiger partial charge in [-0.15, -0.1) is 0 Å². The zero-order valence-corrected chi connectivity index (χ0v) is 12.5. The van der Waals surface area contributed by atoms with Gasteiger partial charge in [0.1, 0.15) is 0 Å². The fraction of sp³-hybridized carbons (Fsp3) is 0.412.